The number of imidazole rings is 1. The molecule has 0 aliphatic carbocycles. The van der Waals surface area contributed by atoms with Gasteiger partial charge in [0.15, 0.2) is 17.5 Å². The fraction of sp³-hybridized carbons (Fsp3) is 0.207. The second kappa shape index (κ2) is 9.38. The molecule has 0 saturated carbocycles. The molecule has 1 aliphatic rings. The maximum absolute atomic E-state index is 14.2. The molecule has 0 unspecified atom stereocenters. The maximum Gasteiger partial charge on any atom is 0.310 e. The molecule has 4 atom stereocenters. The molecule has 3 aromatic carbocycles. The van der Waals surface area contributed by atoms with Crippen LogP contribution < -0.4 is 0 Å². The van der Waals surface area contributed by atoms with Gasteiger partial charge in [0.05, 0.1) is 24.5 Å². The number of fused-ring (bicyclic) bond motifs is 1. The minimum Gasteiger partial charge on any atom is -0.394 e. The quantitative estimate of drug-likeness (QED) is 0.237. The molecule has 1 fully saturated rings. The number of halogens is 1. The van der Waals surface area contributed by atoms with E-state index in [0.29, 0.717) is 16.7 Å². The summed E-state index contributed by atoms with van der Waals surface area (Å²) in [5.41, 5.74) is -1.19. The average Bonchev–Trinajstić information content (AvgIpc) is 3.49. The van der Waals surface area contributed by atoms with E-state index in [-0.39, 0.29) is 11.2 Å². The Hall–Kier alpha value is -4.02. The third-order valence-electron chi connectivity index (χ3n) is 7.42. The van der Waals surface area contributed by atoms with Crippen LogP contribution in [0.15, 0.2) is 104 Å². The van der Waals surface area contributed by atoms with Crippen LogP contribution in [0.4, 0.5) is 4.39 Å². The lowest BCUT2D eigenvalue weighted by Gasteiger charge is -2.50. The van der Waals surface area contributed by atoms with Crippen LogP contribution in [0.1, 0.15) is 22.9 Å². The van der Waals surface area contributed by atoms with Gasteiger partial charge in [0.2, 0.25) is 0 Å². The Kier molecular flexibility index (Phi) is 6.00. The maximum atomic E-state index is 14.2. The number of rotatable bonds is 6. The summed E-state index contributed by atoms with van der Waals surface area (Å²) in [4.78, 5) is 11.8. The summed E-state index contributed by atoms with van der Waals surface area (Å²) in [6, 6.07) is 28.0. The number of hydrogen-bond acceptors (Lipinski definition) is 7. The fourth-order valence-electron chi connectivity index (χ4n) is 5.84. The second-order valence-electron chi connectivity index (χ2n) is 9.33. The minimum absolute atomic E-state index is 0.0785. The Morgan fingerprint density at radius 1 is 0.868 bits per heavy atom. The van der Waals surface area contributed by atoms with Crippen LogP contribution in [0.5, 0.6) is 0 Å². The van der Waals surface area contributed by atoms with Crippen LogP contribution in [0.25, 0.3) is 11.2 Å². The van der Waals surface area contributed by atoms with Crippen molar-refractivity contribution < 1.29 is 24.4 Å². The third kappa shape index (κ3) is 3.40. The number of nitrogens with zero attached hydrogens (tertiary/aromatic N) is 4. The highest BCUT2D eigenvalue weighted by Crippen LogP contribution is 2.57. The number of benzene rings is 3. The fourth-order valence-corrected chi connectivity index (χ4v) is 5.84. The minimum atomic E-state index is -2.15. The highest BCUT2D eigenvalue weighted by molar-refractivity contribution is 5.69. The van der Waals surface area contributed by atoms with E-state index in [1.807, 2.05) is 91.0 Å². The van der Waals surface area contributed by atoms with Gasteiger partial charge >= 0.3 is 6.08 Å². The monoisotopic (exact) mass is 512 g/mol. The van der Waals surface area contributed by atoms with E-state index >= 15 is 0 Å². The molecular weight excluding hydrogens is 487 g/mol. The highest BCUT2D eigenvalue weighted by Gasteiger charge is 2.68. The van der Waals surface area contributed by atoms with Gasteiger partial charge in [0, 0.05) is 0 Å². The second-order valence-corrected chi connectivity index (χ2v) is 9.33. The summed E-state index contributed by atoms with van der Waals surface area (Å²) >= 11 is 0. The standard InChI is InChI=1S/C29H25FN4O4/c30-27-31-16-22-25(33-27)34(18-32-22)26-29(37,24(36)23(17-35)38-26)28(19-10-4-1-5-11-19,20-12-6-2-7-13-20)21-14-8-3-9-15-21/h1-16,18,23-24,26,35-37H,17H2/t23-,24-,26-,29-/m1/s1. The summed E-state index contributed by atoms with van der Waals surface area (Å²) in [7, 11) is 0. The number of ether oxygens (including phenoxy) is 1. The van der Waals surface area contributed by atoms with Crippen LogP contribution in [-0.2, 0) is 10.2 Å². The molecule has 5 aromatic rings. The molecule has 0 spiro atoms. The van der Waals surface area contributed by atoms with Gasteiger partial charge in [0.1, 0.15) is 17.7 Å². The summed E-state index contributed by atoms with van der Waals surface area (Å²) in [6.07, 6.45) is -2.45. The van der Waals surface area contributed by atoms with Gasteiger partial charge < -0.3 is 20.1 Å². The molecule has 6 rings (SSSR count). The van der Waals surface area contributed by atoms with Gasteiger partial charge in [-0.15, -0.1) is 0 Å². The summed E-state index contributed by atoms with van der Waals surface area (Å²) in [5, 5.41) is 35.2. The van der Waals surface area contributed by atoms with Crippen molar-refractivity contribution in [3.63, 3.8) is 0 Å². The Morgan fingerprint density at radius 3 is 1.89 bits per heavy atom. The molecular formula is C29H25FN4O4. The molecule has 0 amide bonds. The zero-order valence-electron chi connectivity index (χ0n) is 20.2. The molecule has 192 valence electrons. The molecule has 2 aromatic heterocycles. The Bertz CT molecular complexity index is 1450. The van der Waals surface area contributed by atoms with Crippen LogP contribution in [0, 0.1) is 6.08 Å². The van der Waals surface area contributed by atoms with Crippen LogP contribution in [0.2, 0.25) is 0 Å². The number of aromatic nitrogens is 4. The van der Waals surface area contributed by atoms with E-state index in [9.17, 15) is 19.7 Å². The lowest BCUT2D eigenvalue weighted by atomic mass is 9.57. The molecule has 1 aliphatic heterocycles. The van der Waals surface area contributed by atoms with Crippen LogP contribution in [-0.4, -0.2) is 59.3 Å². The first-order valence-electron chi connectivity index (χ1n) is 12.2. The number of aliphatic hydroxyl groups excluding tert-OH is 2. The van der Waals surface area contributed by atoms with Crippen molar-refractivity contribution in [1.82, 2.24) is 19.5 Å². The van der Waals surface area contributed by atoms with Crippen molar-refractivity contribution in [2.75, 3.05) is 6.61 Å². The van der Waals surface area contributed by atoms with E-state index in [1.165, 1.54) is 17.1 Å². The molecule has 3 heterocycles. The zero-order valence-corrected chi connectivity index (χ0v) is 20.2. The van der Waals surface area contributed by atoms with E-state index in [1.54, 1.807) is 0 Å². The molecule has 3 N–H and O–H groups in total. The summed E-state index contributed by atoms with van der Waals surface area (Å²) in [6.45, 7) is -0.565. The first kappa shape index (κ1) is 24.3. The summed E-state index contributed by atoms with van der Waals surface area (Å²) in [5.74, 6) is 0. The topological polar surface area (TPSA) is 114 Å². The Morgan fingerprint density at radius 2 is 1.39 bits per heavy atom. The molecule has 38 heavy (non-hydrogen) atoms. The van der Waals surface area contributed by atoms with Gasteiger partial charge in [-0.05, 0) is 16.7 Å². The van der Waals surface area contributed by atoms with Crippen molar-refractivity contribution >= 4 is 11.2 Å². The highest BCUT2D eigenvalue weighted by atomic mass is 19.1. The Balaban J connectivity index is 1.74. The molecule has 1 saturated heterocycles. The van der Waals surface area contributed by atoms with Gasteiger partial charge in [0.25, 0.3) is 0 Å². The Labute approximate surface area is 217 Å². The number of aliphatic hydroxyl groups is 3. The smallest absolute Gasteiger partial charge is 0.310 e. The predicted molar refractivity (Wildman–Crippen MR) is 136 cm³/mol. The average molecular weight is 513 g/mol. The van der Waals surface area contributed by atoms with Crippen molar-refractivity contribution in [2.45, 2.75) is 29.5 Å². The van der Waals surface area contributed by atoms with Crippen molar-refractivity contribution in [3.05, 3.63) is 126 Å². The molecule has 8 nitrogen and oxygen atoms in total. The van der Waals surface area contributed by atoms with E-state index in [0.717, 1.165) is 0 Å². The first-order chi connectivity index (χ1) is 18.5. The van der Waals surface area contributed by atoms with E-state index in [2.05, 4.69) is 15.0 Å². The SMILES string of the molecule is OC[C@H]1O[C@@H](n2cnc3cnc(F)nc32)[C@@](O)(C(c2ccccc2)(c2ccccc2)c2ccccc2)[C@@H]1O. The third-order valence-corrected chi connectivity index (χ3v) is 7.42. The van der Waals surface area contributed by atoms with Crippen LogP contribution in [0.3, 0.4) is 0 Å². The van der Waals surface area contributed by atoms with E-state index < -0.39 is 42.1 Å². The zero-order chi connectivity index (χ0) is 26.3. The van der Waals surface area contributed by atoms with Crippen molar-refractivity contribution in [2.24, 2.45) is 0 Å². The van der Waals surface area contributed by atoms with Crippen molar-refractivity contribution in [3.8, 4) is 0 Å². The molecule has 9 heteroatoms. The largest absolute Gasteiger partial charge is 0.394 e. The number of hydrogen-bond donors (Lipinski definition) is 3. The van der Waals surface area contributed by atoms with Gasteiger partial charge in [-0.25, -0.2) is 9.97 Å². The molecule has 0 radical (unpaired) electrons. The molecule has 0 bridgehead atoms. The first-order valence-corrected chi connectivity index (χ1v) is 12.2. The van der Waals surface area contributed by atoms with Crippen molar-refractivity contribution in [1.29, 1.82) is 0 Å². The van der Waals surface area contributed by atoms with Gasteiger partial charge in [-0.1, -0.05) is 91.0 Å². The normalized spacial score (nSPS) is 23.6. The lowest BCUT2D eigenvalue weighted by Crippen LogP contribution is -2.62. The lowest BCUT2D eigenvalue weighted by molar-refractivity contribution is -0.136. The van der Waals surface area contributed by atoms with Gasteiger partial charge in [-0.2, -0.15) is 9.37 Å². The predicted octanol–water partition coefficient (Wildman–Crippen LogP) is 2.98. The van der Waals surface area contributed by atoms with Gasteiger partial charge in [-0.3, -0.25) is 4.57 Å². The summed E-state index contributed by atoms with van der Waals surface area (Å²) < 4.78 is 21.7. The van der Waals surface area contributed by atoms with E-state index in [4.69, 9.17) is 4.74 Å². The van der Waals surface area contributed by atoms with Crippen LogP contribution >= 0.6 is 0 Å².